The molecule has 7 heteroatoms. The summed E-state index contributed by atoms with van der Waals surface area (Å²) in [6, 6.07) is 11.4. The molecule has 1 aliphatic heterocycles. The Balaban J connectivity index is 1.54. The van der Waals surface area contributed by atoms with Crippen molar-refractivity contribution in [1.29, 1.82) is 0 Å². The van der Waals surface area contributed by atoms with E-state index in [0.717, 1.165) is 36.5 Å². The third kappa shape index (κ3) is 4.41. The van der Waals surface area contributed by atoms with Gasteiger partial charge in [0.25, 0.3) is 0 Å². The molecule has 0 spiro atoms. The number of methoxy groups -OCH3 is 2. The van der Waals surface area contributed by atoms with E-state index in [1.807, 2.05) is 30.3 Å². The summed E-state index contributed by atoms with van der Waals surface area (Å²) in [7, 11) is 3.20. The van der Waals surface area contributed by atoms with Gasteiger partial charge in [-0.1, -0.05) is 12.1 Å². The van der Waals surface area contributed by atoms with Crippen molar-refractivity contribution in [3.63, 3.8) is 0 Å². The van der Waals surface area contributed by atoms with Crippen LogP contribution in [0, 0.1) is 5.92 Å². The number of amides is 1. The summed E-state index contributed by atoms with van der Waals surface area (Å²) < 4.78 is 10.2. The Kier molecular flexibility index (Phi) is 5.88. The van der Waals surface area contributed by atoms with E-state index in [1.165, 1.54) is 0 Å². The molecule has 2 heterocycles. The van der Waals surface area contributed by atoms with Crippen LogP contribution < -0.4 is 19.7 Å². The molecule has 26 heavy (non-hydrogen) atoms. The van der Waals surface area contributed by atoms with Gasteiger partial charge in [0, 0.05) is 25.7 Å². The van der Waals surface area contributed by atoms with E-state index in [9.17, 15) is 4.79 Å². The Bertz CT molecular complexity index is 719. The van der Waals surface area contributed by atoms with Gasteiger partial charge < -0.3 is 19.7 Å². The number of benzene rings is 1. The maximum atomic E-state index is 12.6. The molecule has 7 nitrogen and oxygen atoms in total. The zero-order valence-electron chi connectivity index (χ0n) is 15.1. The molecular formula is C19H24N4O3. The van der Waals surface area contributed by atoms with Crippen LogP contribution in [0.4, 0.5) is 5.82 Å². The van der Waals surface area contributed by atoms with Crippen LogP contribution in [0.1, 0.15) is 18.4 Å². The maximum Gasteiger partial charge on any atom is 0.233 e. The first-order valence-corrected chi connectivity index (χ1v) is 8.73. The lowest BCUT2D eigenvalue weighted by molar-refractivity contribution is -0.125. The van der Waals surface area contributed by atoms with Crippen LogP contribution in [0.2, 0.25) is 0 Å². The molecule has 1 atom stereocenters. The second-order valence-electron chi connectivity index (χ2n) is 6.28. The van der Waals surface area contributed by atoms with E-state index in [4.69, 9.17) is 9.47 Å². The topological polar surface area (TPSA) is 76.6 Å². The molecule has 2 aromatic rings. The van der Waals surface area contributed by atoms with Gasteiger partial charge in [-0.3, -0.25) is 4.79 Å². The lowest BCUT2D eigenvalue weighted by Gasteiger charge is -2.32. The summed E-state index contributed by atoms with van der Waals surface area (Å²) >= 11 is 0. The van der Waals surface area contributed by atoms with Crippen molar-refractivity contribution < 1.29 is 14.3 Å². The molecule has 0 bridgehead atoms. The monoisotopic (exact) mass is 356 g/mol. The predicted octanol–water partition coefficient (Wildman–Crippen LogP) is 2.03. The van der Waals surface area contributed by atoms with Crippen LogP contribution in [-0.2, 0) is 11.3 Å². The van der Waals surface area contributed by atoms with Gasteiger partial charge in [-0.2, -0.15) is 0 Å². The highest BCUT2D eigenvalue weighted by Gasteiger charge is 2.26. The van der Waals surface area contributed by atoms with Gasteiger partial charge in [0.15, 0.2) is 5.82 Å². The number of carbonyl (C=O) groups is 1. The summed E-state index contributed by atoms with van der Waals surface area (Å²) in [6.07, 6.45) is 1.84. The molecule has 1 saturated heterocycles. The van der Waals surface area contributed by atoms with Crippen molar-refractivity contribution >= 4 is 11.7 Å². The summed E-state index contributed by atoms with van der Waals surface area (Å²) in [5, 5.41) is 11.2. The molecule has 1 amide bonds. The average Bonchev–Trinajstić information content (AvgIpc) is 2.72. The molecule has 1 aromatic carbocycles. The summed E-state index contributed by atoms with van der Waals surface area (Å²) in [6.45, 7) is 2.04. The number of nitrogens with one attached hydrogen (secondary N) is 1. The van der Waals surface area contributed by atoms with Crippen LogP contribution >= 0.6 is 0 Å². The van der Waals surface area contributed by atoms with Crippen LogP contribution in [0.25, 0.3) is 0 Å². The van der Waals surface area contributed by atoms with E-state index < -0.39 is 0 Å². The number of nitrogens with zero attached hydrogens (tertiary/aromatic N) is 3. The van der Waals surface area contributed by atoms with Crippen molar-refractivity contribution in [2.75, 3.05) is 32.2 Å². The second kappa shape index (κ2) is 8.51. The first-order chi connectivity index (χ1) is 12.7. The largest absolute Gasteiger partial charge is 0.497 e. The van der Waals surface area contributed by atoms with Crippen LogP contribution in [0.3, 0.4) is 0 Å². The summed E-state index contributed by atoms with van der Waals surface area (Å²) in [5.41, 5.74) is 1.05. The van der Waals surface area contributed by atoms with Gasteiger partial charge in [-0.25, -0.2) is 0 Å². The molecule has 1 unspecified atom stereocenters. The third-order valence-corrected chi connectivity index (χ3v) is 4.58. The summed E-state index contributed by atoms with van der Waals surface area (Å²) in [5.74, 6) is 2.10. The van der Waals surface area contributed by atoms with Gasteiger partial charge in [0.2, 0.25) is 11.8 Å². The Hall–Kier alpha value is -2.83. The third-order valence-electron chi connectivity index (χ3n) is 4.58. The maximum absolute atomic E-state index is 12.6. The van der Waals surface area contributed by atoms with Gasteiger partial charge >= 0.3 is 0 Å². The number of anilines is 1. The first-order valence-electron chi connectivity index (χ1n) is 8.73. The van der Waals surface area contributed by atoms with Gasteiger partial charge in [0.05, 0.1) is 20.1 Å². The molecule has 1 aliphatic rings. The number of aromatic nitrogens is 2. The molecule has 0 saturated carbocycles. The van der Waals surface area contributed by atoms with Crippen molar-refractivity contribution in [1.82, 2.24) is 15.5 Å². The van der Waals surface area contributed by atoms with E-state index in [0.29, 0.717) is 19.0 Å². The Morgan fingerprint density at radius 3 is 2.62 bits per heavy atom. The molecule has 0 aliphatic carbocycles. The first kappa shape index (κ1) is 18.0. The van der Waals surface area contributed by atoms with E-state index in [1.54, 1.807) is 20.3 Å². The highest BCUT2D eigenvalue weighted by molar-refractivity contribution is 5.79. The molecule has 0 radical (unpaired) electrons. The molecule has 1 aromatic heterocycles. The Labute approximate surface area is 153 Å². The zero-order valence-corrected chi connectivity index (χ0v) is 15.1. The fraction of sp³-hybridized carbons (Fsp3) is 0.421. The molecule has 1 N–H and O–H groups in total. The fourth-order valence-corrected chi connectivity index (χ4v) is 3.07. The number of piperidine rings is 1. The van der Waals surface area contributed by atoms with Gasteiger partial charge in [0.1, 0.15) is 5.75 Å². The minimum atomic E-state index is -0.0501. The lowest BCUT2D eigenvalue weighted by atomic mass is 9.97. The van der Waals surface area contributed by atoms with Crippen molar-refractivity contribution in [3.05, 3.63) is 42.0 Å². The van der Waals surface area contributed by atoms with Crippen LogP contribution in [0.15, 0.2) is 36.4 Å². The summed E-state index contributed by atoms with van der Waals surface area (Å²) in [4.78, 5) is 14.7. The number of hydrogen-bond acceptors (Lipinski definition) is 6. The Morgan fingerprint density at radius 2 is 1.96 bits per heavy atom. The van der Waals surface area contributed by atoms with Crippen molar-refractivity contribution in [3.8, 4) is 11.6 Å². The minimum absolute atomic E-state index is 0.0501. The quantitative estimate of drug-likeness (QED) is 0.853. The molecule has 1 fully saturated rings. The van der Waals surface area contributed by atoms with Gasteiger partial charge in [-0.05, 0) is 36.6 Å². The smallest absolute Gasteiger partial charge is 0.233 e. The molecule has 3 rings (SSSR count). The highest BCUT2D eigenvalue weighted by atomic mass is 16.5. The average molecular weight is 356 g/mol. The fourth-order valence-electron chi connectivity index (χ4n) is 3.07. The minimum Gasteiger partial charge on any atom is -0.497 e. The van der Waals surface area contributed by atoms with Crippen LogP contribution in [-0.4, -0.2) is 43.4 Å². The van der Waals surface area contributed by atoms with Crippen molar-refractivity contribution in [2.45, 2.75) is 19.4 Å². The Morgan fingerprint density at radius 1 is 1.15 bits per heavy atom. The van der Waals surface area contributed by atoms with Crippen LogP contribution in [0.5, 0.6) is 11.6 Å². The SMILES string of the molecule is COc1ccc(CNC(=O)C2CCCN(c3ccc(OC)nn3)C2)cc1. The van der Waals surface area contributed by atoms with E-state index in [2.05, 4.69) is 20.4 Å². The predicted molar refractivity (Wildman–Crippen MR) is 98.4 cm³/mol. The van der Waals surface area contributed by atoms with E-state index in [-0.39, 0.29) is 11.8 Å². The second-order valence-corrected chi connectivity index (χ2v) is 6.28. The number of carbonyl (C=O) groups excluding carboxylic acids is 1. The van der Waals surface area contributed by atoms with Gasteiger partial charge in [-0.15, -0.1) is 10.2 Å². The number of rotatable bonds is 6. The molecule has 138 valence electrons. The normalized spacial score (nSPS) is 16.8. The standard InChI is InChI=1S/C19H24N4O3/c1-25-16-7-5-14(6-8-16)12-20-19(24)15-4-3-11-23(13-15)17-9-10-18(26-2)22-21-17/h5-10,15H,3-4,11-13H2,1-2H3,(H,20,24). The highest BCUT2D eigenvalue weighted by Crippen LogP contribution is 2.22. The molecular weight excluding hydrogens is 332 g/mol. The number of ether oxygens (including phenoxy) is 2. The number of hydrogen-bond donors (Lipinski definition) is 1. The lowest BCUT2D eigenvalue weighted by Crippen LogP contribution is -2.43. The van der Waals surface area contributed by atoms with E-state index >= 15 is 0 Å². The zero-order chi connectivity index (χ0) is 18.4. The van der Waals surface area contributed by atoms with Crippen molar-refractivity contribution in [2.24, 2.45) is 5.92 Å².